The average molecular weight is 338 g/mol. The van der Waals surface area contributed by atoms with Crippen molar-refractivity contribution in [2.75, 3.05) is 13.1 Å². The van der Waals surface area contributed by atoms with Crippen LogP contribution in [-0.2, 0) is 4.79 Å². The van der Waals surface area contributed by atoms with E-state index in [-0.39, 0.29) is 5.92 Å². The van der Waals surface area contributed by atoms with E-state index in [9.17, 15) is 4.79 Å². The molecule has 2 aliphatic rings. The summed E-state index contributed by atoms with van der Waals surface area (Å²) < 4.78 is 2.29. The number of hydrogen-bond donors (Lipinski definition) is 0. The van der Waals surface area contributed by atoms with Gasteiger partial charge in [0.1, 0.15) is 5.82 Å². The molecule has 0 spiro atoms. The summed E-state index contributed by atoms with van der Waals surface area (Å²) in [5.74, 6) is 2.36. The van der Waals surface area contributed by atoms with E-state index < -0.39 is 0 Å². The van der Waals surface area contributed by atoms with Gasteiger partial charge in [0, 0.05) is 49.7 Å². The predicted octanol–water partition coefficient (Wildman–Crippen LogP) is 3.37. The Kier molecular flexibility index (Phi) is 4.32. The van der Waals surface area contributed by atoms with Crippen molar-refractivity contribution >= 4 is 5.91 Å². The molecule has 5 nitrogen and oxygen atoms in total. The highest BCUT2D eigenvalue weighted by molar-refractivity contribution is 5.83. The van der Waals surface area contributed by atoms with Crippen molar-refractivity contribution in [2.24, 2.45) is 5.92 Å². The second kappa shape index (κ2) is 6.62. The first-order chi connectivity index (χ1) is 12.1. The summed E-state index contributed by atoms with van der Waals surface area (Å²) in [6.07, 6.45) is 10.8. The first-order valence-corrected chi connectivity index (χ1v) is 9.36. The highest BCUT2D eigenvalue weighted by Gasteiger charge is 2.46. The van der Waals surface area contributed by atoms with E-state index in [1.54, 1.807) is 6.20 Å². The molecule has 3 atom stereocenters. The van der Waals surface area contributed by atoms with Crippen LogP contribution in [0.5, 0.6) is 0 Å². The first-order valence-electron chi connectivity index (χ1n) is 9.36. The van der Waals surface area contributed by atoms with Crippen LogP contribution in [-0.4, -0.2) is 38.4 Å². The number of imidazole rings is 1. The standard InChI is InChI=1S/C20H26N4O/c1-14(2)19-22-8-10-24(19)16-6-4-9-23(13-16)20(25)18-11-17(18)15-5-3-7-21-12-15/h3,5,7-8,10,12,14,16-18H,4,6,9,11,13H2,1-2H3/t16-,17+,18-/m1/s1. The molecule has 3 heterocycles. The van der Waals surface area contributed by atoms with E-state index >= 15 is 0 Å². The molecule has 25 heavy (non-hydrogen) atoms. The number of likely N-dealkylation sites (tertiary alicyclic amines) is 1. The van der Waals surface area contributed by atoms with Crippen molar-refractivity contribution < 1.29 is 4.79 Å². The minimum Gasteiger partial charge on any atom is -0.340 e. The summed E-state index contributed by atoms with van der Waals surface area (Å²) in [4.78, 5) is 23.7. The van der Waals surface area contributed by atoms with Gasteiger partial charge in [0.15, 0.2) is 0 Å². The Labute approximate surface area is 149 Å². The van der Waals surface area contributed by atoms with Gasteiger partial charge in [-0.3, -0.25) is 9.78 Å². The Morgan fingerprint density at radius 1 is 1.32 bits per heavy atom. The van der Waals surface area contributed by atoms with Gasteiger partial charge in [-0.05, 0) is 36.8 Å². The molecular formula is C20H26N4O. The van der Waals surface area contributed by atoms with Gasteiger partial charge in [-0.25, -0.2) is 4.98 Å². The molecule has 0 unspecified atom stereocenters. The van der Waals surface area contributed by atoms with Crippen molar-refractivity contribution in [1.82, 2.24) is 19.4 Å². The first kappa shape index (κ1) is 16.3. The molecule has 1 saturated heterocycles. The number of piperidine rings is 1. The van der Waals surface area contributed by atoms with Gasteiger partial charge in [-0.2, -0.15) is 0 Å². The van der Waals surface area contributed by atoms with Crippen LogP contribution in [0, 0.1) is 5.92 Å². The number of pyridine rings is 1. The molecule has 0 radical (unpaired) electrons. The number of rotatable bonds is 4. The molecule has 1 saturated carbocycles. The highest BCUT2D eigenvalue weighted by atomic mass is 16.2. The Hall–Kier alpha value is -2.17. The second-order valence-corrected chi connectivity index (χ2v) is 7.66. The third kappa shape index (κ3) is 3.20. The molecule has 1 aliphatic heterocycles. The summed E-state index contributed by atoms with van der Waals surface area (Å²) in [5, 5.41) is 0. The molecule has 2 aromatic rings. The van der Waals surface area contributed by atoms with Gasteiger partial charge >= 0.3 is 0 Å². The van der Waals surface area contributed by atoms with Crippen molar-refractivity contribution in [3.8, 4) is 0 Å². The molecule has 1 aliphatic carbocycles. The monoisotopic (exact) mass is 338 g/mol. The number of hydrogen-bond acceptors (Lipinski definition) is 3. The van der Waals surface area contributed by atoms with E-state index in [1.807, 2.05) is 18.5 Å². The summed E-state index contributed by atoms with van der Waals surface area (Å²) in [6, 6.07) is 4.40. The van der Waals surface area contributed by atoms with Crippen LogP contribution in [0.15, 0.2) is 36.9 Å². The molecule has 0 bridgehead atoms. The number of carbonyl (C=O) groups excluding carboxylic acids is 1. The Balaban J connectivity index is 1.43. The molecule has 5 heteroatoms. The van der Waals surface area contributed by atoms with Crippen molar-refractivity contribution in [3.63, 3.8) is 0 Å². The zero-order valence-electron chi connectivity index (χ0n) is 15.0. The summed E-state index contributed by atoms with van der Waals surface area (Å²) in [7, 11) is 0. The fourth-order valence-electron chi connectivity index (χ4n) is 4.13. The van der Waals surface area contributed by atoms with E-state index in [1.165, 1.54) is 5.56 Å². The smallest absolute Gasteiger partial charge is 0.226 e. The van der Waals surface area contributed by atoms with Crippen LogP contribution < -0.4 is 0 Å². The molecular weight excluding hydrogens is 312 g/mol. The van der Waals surface area contributed by atoms with E-state index in [0.29, 0.717) is 23.8 Å². The van der Waals surface area contributed by atoms with Gasteiger partial charge in [0.2, 0.25) is 5.91 Å². The predicted molar refractivity (Wildman–Crippen MR) is 96.3 cm³/mol. The van der Waals surface area contributed by atoms with Crippen LogP contribution in [0.4, 0.5) is 0 Å². The van der Waals surface area contributed by atoms with Crippen LogP contribution >= 0.6 is 0 Å². The molecule has 4 rings (SSSR count). The largest absolute Gasteiger partial charge is 0.340 e. The van der Waals surface area contributed by atoms with Gasteiger partial charge in [0.05, 0.1) is 6.04 Å². The van der Waals surface area contributed by atoms with E-state index in [0.717, 1.165) is 38.2 Å². The lowest BCUT2D eigenvalue weighted by atomic mass is 10.0. The summed E-state index contributed by atoms with van der Waals surface area (Å²) in [5.41, 5.74) is 1.20. The Morgan fingerprint density at radius 2 is 2.20 bits per heavy atom. The number of carbonyl (C=O) groups is 1. The number of nitrogens with zero attached hydrogens (tertiary/aromatic N) is 4. The topological polar surface area (TPSA) is 51.0 Å². The van der Waals surface area contributed by atoms with Gasteiger partial charge in [0.25, 0.3) is 0 Å². The summed E-state index contributed by atoms with van der Waals surface area (Å²) in [6.45, 7) is 6.04. The zero-order chi connectivity index (χ0) is 17.4. The van der Waals surface area contributed by atoms with Gasteiger partial charge < -0.3 is 9.47 Å². The van der Waals surface area contributed by atoms with Gasteiger partial charge in [-0.15, -0.1) is 0 Å². The average Bonchev–Trinajstić information content (AvgIpc) is 3.29. The lowest BCUT2D eigenvalue weighted by molar-refractivity contribution is -0.134. The quantitative estimate of drug-likeness (QED) is 0.859. The van der Waals surface area contributed by atoms with E-state index in [4.69, 9.17) is 0 Å². The third-order valence-electron chi connectivity index (χ3n) is 5.54. The van der Waals surface area contributed by atoms with Crippen molar-refractivity contribution in [2.45, 2.75) is 51.0 Å². The van der Waals surface area contributed by atoms with Crippen molar-refractivity contribution in [1.29, 1.82) is 0 Å². The fraction of sp³-hybridized carbons (Fsp3) is 0.550. The minimum atomic E-state index is 0.148. The van der Waals surface area contributed by atoms with Crippen molar-refractivity contribution in [3.05, 3.63) is 48.3 Å². The normalized spacial score (nSPS) is 26.0. The number of aromatic nitrogens is 3. The van der Waals surface area contributed by atoms with Crippen LogP contribution in [0.2, 0.25) is 0 Å². The molecule has 132 valence electrons. The SMILES string of the molecule is CC(C)c1nccn1[C@@H]1CCCN(C(=O)[C@@H]2C[C@H]2c2cccnc2)C1. The maximum absolute atomic E-state index is 13.0. The van der Waals surface area contributed by atoms with Crippen LogP contribution in [0.25, 0.3) is 0 Å². The maximum atomic E-state index is 13.0. The Morgan fingerprint density at radius 3 is 2.96 bits per heavy atom. The minimum absolute atomic E-state index is 0.148. The van der Waals surface area contributed by atoms with Crippen LogP contribution in [0.1, 0.15) is 62.4 Å². The Bertz CT molecular complexity index is 739. The lowest BCUT2D eigenvalue weighted by Gasteiger charge is -2.34. The van der Waals surface area contributed by atoms with Gasteiger partial charge in [-0.1, -0.05) is 19.9 Å². The molecule has 2 aromatic heterocycles. The summed E-state index contributed by atoms with van der Waals surface area (Å²) >= 11 is 0. The molecule has 1 amide bonds. The molecule has 0 N–H and O–H groups in total. The maximum Gasteiger partial charge on any atom is 0.226 e. The third-order valence-corrected chi connectivity index (χ3v) is 5.54. The van der Waals surface area contributed by atoms with Crippen LogP contribution in [0.3, 0.4) is 0 Å². The lowest BCUT2D eigenvalue weighted by Crippen LogP contribution is -2.42. The molecule has 0 aromatic carbocycles. The second-order valence-electron chi connectivity index (χ2n) is 7.66. The molecule has 2 fully saturated rings. The van der Waals surface area contributed by atoms with E-state index in [2.05, 4.69) is 45.5 Å². The number of amides is 1. The highest BCUT2D eigenvalue weighted by Crippen LogP contribution is 2.48. The fourth-order valence-corrected chi connectivity index (χ4v) is 4.13. The zero-order valence-corrected chi connectivity index (χ0v) is 15.0.